The number of amides is 1. The van der Waals surface area contributed by atoms with Crippen LogP contribution in [-0.2, 0) is 0 Å². The van der Waals surface area contributed by atoms with Gasteiger partial charge in [-0.2, -0.15) is 0 Å². The van der Waals surface area contributed by atoms with Crippen LogP contribution in [0.2, 0.25) is 0 Å². The van der Waals surface area contributed by atoms with E-state index in [0.29, 0.717) is 11.5 Å². The van der Waals surface area contributed by atoms with Crippen LogP contribution in [0.4, 0.5) is 8.78 Å². The molecule has 0 aliphatic carbocycles. The molecule has 0 spiro atoms. The minimum atomic E-state index is -0.899. The molecule has 0 radical (unpaired) electrons. The number of carbonyl (C=O) groups is 1. The largest absolute Gasteiger partial charge is 0.493 e. The summed E-state index contributed by atoms with van der Waals surface area (Å²) in [5, 5.41) is 2.61. The Morgan fingerprint density at radius 3 is 2.17 bits per heavy atom. The minimum absolute atomic E-state index is 0.476. The maximum atomic E-state index is 13.7. The van der Waals surface area contributed by atoms with Gasteiger partial charge in [0.1, 0.15) is 17.2 Å². The molecule has 0 fully saturated rings. The summed E-state index contributed by atoms with van der Waals surface area (Å²) in [6, 6.07) is 6.34. The SMILES string of the molecule is COc1cc(C)c(C(C)NC(=O)c2c(F)cccc2F)cc1OC. The van der Waals surface area contributed by atoms with Crippen molar-refractivity contribution in [2.45, 2.75) is 19.9 Å². The lowest BCUT2D eigenvalue weighted by Gasteiger charge is -2.19. The molecule has 2 aromatic rings. The Morgan fingerprint density at radius 1 is 1.08 bits per heavy atom. The van der Waals surface area contributed by atoms with E-state index in [1.54, 1.807) is 19.1 Å². The number of benzene rings is 2. The number of nitrogens with one attached hydrogen (secondary N) is 1. The van der Waals surface area contributed by atoms with Crippen LogP contribution in [0.25, 0.3) is 0 Å². The molecule has 2 rings (SSSR count). The molecule has 128 valence electrons. The molecule has 0 aromatic heterocycles. The summed E-state index contributed by atoms with van der Waals surface area (Å²) in [5.41, 5.74) is 1.02. The van der Waals surface area contributed by atoms with Crippen molar-refractivity contribution >= 4 is 5.91 Å². The smallest absolute Gasteiger partial charge is 0.257 e. The fourth-order valence-corrected chi connectivity index (χ4v) is 2.52. The monoisotopic (exact) mass is 335 g/mol. The zero-order chi connectivity index (χ0) is 17.9. The van der Waals surface area contributed by atoms with Gasteiger partial charge in [-0.05, 0) is 49.2 Å². The van der Waals surface area contributed by atoms with Gasteiger partial charge in [-0.15, -0.1) is 0 Å². The number of hydrogen-bond donors (Lipinski definition) is 1. The molecule has 0 heterocycles. The number of ether oxygens (including phenoxy) is 2. The average molecular weight is 335 g/mol. The van der Waals surface area contributed by atoms with Gasteiger partial charge in [0.2, 0.25) is 0 Å². The highest BCUT2D eigenvalue weighted by Crippen LogP contribution is 2.33. The Kier molecular flexibility index (Phi) is 5.39. The van der Waals surface area contributed by atoms with Crippen LogP contribution in [0.1, 0.15) is 34.5 Å². The lowest BCUT2D eigenvalue weighted by molar-refractivity contribution is 0.0931. The summed E-state index contributed by atoms with van der Waals surface area (Å²) in [7, 11) is 3.04. The van der Waals surface area contributed by atoms with Gasteiger partial charge in [0.25, 0.3) is 5.91 Å². The van der Waals surface area contributed by atoms with E-state index in [4.69, 9.17) is 9.47 Å². The quantitative estimate of drug-likeness (QED) is 0.904. The minimum Gasteiger partial charge on any atom is -0.493 e. The lowest BCUT2D eigenvalue weighted by atomic mass is 10.0. The third-order valence-corrected chi connectivity index (χ3v) is 3.78. The van der Waals surface area contributed by atoms with Crippen molar-refractivity contribution in [3.63, 3.8) is 0 Å². The van der Waals surface area contributed by atoms with Gasteiger partial charge in [0, 0.05) is 0 Å². The van der Waals surface area contributed by atoms with Gasteiger partial charge in [-0.1, -0.05) is 6.07 Å². The van der Waals surface area contributed by atoms with Crippen LogP contribution >= 0.6 is 0 Å². The summed E-state index contributed by atoms with van der Waals surface area (Å²) in [6.45, 7) is 3.58. The zero-order valence-electron chi connectivity index (χ0n) is 13.9. The molecule has 6 heteroatoms. The standard InChI is InChI=1S/C18H19F2NO3/c1-10-8-15(23-3)16(24-4)9-12(10)11(2)21-18(22)17-13(19)6-5-7-14(17)20/h5-9,11H,1-4H3,(H,21,22). The Morgan fingerprint density at radius 2 is 1.62 bits per heavy atom. The number of aryl methyl sites for hydroxylation is 1. The molecule has 0 bridgehead atoms. The molecule has 1 unspecified atom stereocenters. The first-order chi connectivity index (χ1) is 11.4. The summed E-state index contributed by atoms with van der Waals surface area (Å²) in [5.74, 6) is -1.53. The Labute approximate surface area is 139 Å². The first-order valence-electron chi connectivity index (χ1n) is 7.36. The normalized spacial score (nSPS) is 11.8. The predicted octanol–water partition coefficient (Wildman–Crippen LogP) is 3.78. The van der Waals surface area contributed by atoms with Crippen LogP contribution in [0, 0.1) is 18.6 Å². The fourth-order valence-electron chi connectivity index (χ4n) is 2.52. The van der Waals surface area contributed by atoms with E-state index in [0.717, 1.165) is 23.3 Å². The molecule has 2 aromatic carbocycles. The molecule has 0 aliphatic heterocycles. The highest BCUT2D eigenvalue weighted by Gasteiger charge is 2.21. The Bertz CT molecular complexity index is 742. The average Bonchev–Trinajstić information content (AvgIpc) is 2.54. The van der Waals surface area contributed by atoms with Crippen molar-refractivity contribution in [3.8, 4) is 11.5 Å². The molecule has 0 saturated heterocycles. The van der Waals surface area contributed by atoms with E-state index in [1.165, 1.54) is 20.3 Å². The molecule has 0 saturated carbocycles. The van der Waals surface area contributed by atoms with Crippen molar-refractivity contribution in [3.05, 3.63) is 58.7 Å². The van der Waals surface area contributed by atoms with E-state index in [2.05, 4.69) is 5.32 Å². The molecule has 0 aliphatic rings. The molecular weight excluding hydrogens is 316 g/mol. The Hall–Kier alpha value is -2.63. The topological polar surface area (TPSA) is 47.6 Å². The maximum Gasteiger partial charge on any atom is 0.257 e. The van der Waals surface area contributed by atoms with Crippen LogP contribution in [-0.4, -0.2) is 20.1 Å². The summed E-state index contributed by atoms with van der Waals surface area (Å²) in [6.07, 6.45) is 0. The first-order valence-corrected chi connectivity index (χ1v) is 7.36. The lowest BCUT2D eigenvalue weighted by Crippen LogP contribution is -2.28. The molecule has 1 atom stereocenters. The third kappa shape index (κ3) is 3.48. The number of rotatable bonds is 5. The van der Waals surface area contributed by atoms with Crippen LogP contribution in [0.5, 0.6) is 11.5 Å². The van der Waals surface area contributed by atoms with E-state index < -0.39 is 29.1 Å². The van der Waals surface area contributed by atoms with E-state index in [1.807, 2.05) is 6.92 Å². The molecule has 4 nitrogen and oxygen atoms in total. The molecule has 24 heavy (non-hydrogen) atoms. The summed E-state index contributed by atoms with van der Waals surface area (Å²) < 4.78 is 37.9. The van der Waals surface area contributed by atoms with Crippen LogP contribution in [0.3, 0.4) is 0 Å². The van der Waals surface area contributed by atoms with Gasteiger partial charge in [0.15, 0.2) is 11.5 Å². The number of halogens is 2. The second-order valence-electron chi connectivity index (χ2n) is 5.36. The second kappa shape index (κ2) is 7.29. The van der Waals surface area contributed by atoms with E-state index in [9.17, 15) is 13.6 Å². The summed E-state index contributed by atoms with van der Waals surface area (Å²) >= 11 is 0. The number of hydrogen-bond acceptors (Lipinski definition) is 3. The second-order valence-corrected chi connectivity index (χ2v) is 5.36. The summed E-state index contributed by atoms with van der Waals surface area (Å²) in [4.78, 5) is 12.2. The van der Waals surface area contributed by atoms with Crippen molar-refractivity contribution in [2.75, 3.05) is 14.2 Å². The fraction of sp³-hybridized carbons (Fsp3) is 0.278. The first kappa shape index (κ1) is 17.7. The number of carbonyl (C=O) groups excluding carboxylic acids is 1. The molecule has 1 N–H and O–H groups in total. The zero-order valence-corrected chi connectivity index (χ0v) is 13.9. The van der Waals surface area contributed by atoms with Crippen LogP contribution < -0.4 is 14.8 Å². The predicted molar refractivity (Wildman–Crippen MR) is 86.5 cm³/mol. The van der Waals surface area contributed by atoms with Gasteiger partial charge >= 0.3 is 0 Å². The van der Waals surface area contributed by atoms with Gasteiger partial charge < -0.3 is 14.8 Å². The number of methoxy groups -OCH3 is 2. The van der Waals surface area contributed by atoms with E-state index in [-0.39, 0.29) is 0 Å². The van der Waals surface area contributed by atoms with Gasteiger partial charge in [-0.25, -0.2) is 8.78 Å². The van der Waals surface area contributed by atoms with Crippen molar-refractivity contribution in [1.82, 2.24) is 5.32 Å². The Balaban J connectivity index is 2.30. The third-order valence-electron chi connectivity index (χ3n) is 3.78. The maximum absolute atomic E-state index is 13.7. The molecular formula is C18H19F2NO3. The molecule has 1 amide bonds. The van der Waals surface area contributed by atoms with E-state index >= 15 is 0 Å². The van der Waals surface area contributed by atoms with Crippen molar-refractivity contribution in [2.24, 2.45) is 0 Å². The highest BCUT2D eigenvalue weighted by atomic mass is 19.1. The van der Waals surface area contributed by atoms with Gasteiger partial charge in [-0.3, -0.25) is 4.79 Å². The van der Waals surface area contributed by atoms with Gasteiger partial charge in [0.05, 0.1) is 20.3 Å². The van der Waals surface area contributed by atoms with Crippen LogP contribution in [0.15, 0.2) is 30.3 Å². The van der Waals surface area contributed by atoms with Crippen molar-refractivity contribution in [1.29, 1.82) is 0 Å². The van der Waals surface area contributed by atoms with Crippen molar-refractivity contribution < 1.29 is 23.0 Å². The highest BCUT2D eigenvalue weighted by molar-refractivity contribution is 5.95.